The number of H-pyrrole nitrogens is 1. The highest BCUT2D eigenvalue weighted by Gasteiger charge is 2.22. The van der Waals surface area contributed by atoms with Crippen molar-refractivity contribution in [3.8, 4) is 5.88 Å². The van der Waals surface area contributed by atoms with Gasteiger partial charge in [-0.25, -0.2) is 19.3 Å². The van der Waals surface area contributed by atoms with E-state index >= 15 is 0 Å². The lowest BCUT2D eigenvalue weighted by Gasteiger charge is -2.27. The Balaban J connectivity index is 1.70. The first-order valence-electron chi connectivity index (χ1n) is 6.46. The molecule has 0 spiro atoms. The van der Waals surface area contributed by atoms with Crippen molar-refractivity contribution < 1.29 is 9.84 Å². The van der Waals surface area contributed by atoms with Crippen molar-refractivity contribution in [2.75, 3.05) is 6.61 Å². The summed E-state index contributed by atoms with van der Waals surface area (Å²) in [5.74, 6) is 0.888. The van der Waals surface area contributed by atoms with Gasteiger partial charge in [0, 0.05) is 12.7 Å². The number of hydrogen-bond donors (Lipinski definition) is 2. The minimum absolute atomic E-state index is 0.128. The van der Waals surface area contributed by atoms with E-state index in [0.717, 1.165) is 25.7 Å². The summed E-state index contributed by atoms with van der Waals surface area (Å²) in [5.41, 5.74) is 0.191. The summed E-state index contributed by atoms with van der Waals surface area (Å²) < 4.78 is 7.13. The van der Waals surface area contributed by atoms with E-state index in [1.54, 1.807) is 6.07 Å². The standard InChI is InChI=1S/C12H16N4O3/c17-6-8-1-3-9(4-2-8)19-11-5-10-14-15-12(18)16(10)7-13-11/h5,7-9,17H,1-4,6H2,(H,15,18). The maximum Gasteiger partial charge on any atom is 0.348 e. The van der Waals surface area contributed by atoms with Crippen LogP contribution in [0.1, 0.15) is 25.7 Å². The molecule has 0 aromatic carbocycles. The molecule has 0 amide bonds. The van der Waals surface area contributed by atoms with Crippen molar-refractivity contribution in [3.05, 3.63) is 22.9 Å². The molecule has 7 heteroatoms. The molecule has 0 aliphatic heterocycles. The highest BCUT2D eigenvalue weighted by atomic mass is 16.5. The Morgan fingerprint density at radius 1 is 1.42 bits per heavy atom. The van der Waals surface area contributed by atoms with E-state index in [2.05, 4.69) is 15.2 Å². The summed E-state index contributed by atoms with van der Waals surface area (Å²) in [5, 5.41) is 15.3. The van der Waals surface area contributed by atoms with E-state index in [4.69, 9.17) is 9.84 Å². The van der Waals surface area contributed by atoms with Crippen LogP contribution in [-0.4, -0.2) is 37.4 Å². The Morgan fingerprint density at radius 3 is 2.95 bits per heavy atom. The number of nitrogens with zero attached hydrogens (tertiary/aromatic N) is 3. The Hall–Kier alpha value is -1.89. The van der Waals surface area contributed by atoms with Crippen molar-refractivity contribution in [3.63, 3.8) is 0 Å². The van der Waals surface area contributed by atoms with Gasteiger partial charge < -0.3 is 9.84 Å². The molecule has 0 unspecified atom stereocenters. The average molecular weight is 264 g/mol. The quantitative estimate of drug-likeness (QED) is 0.834. The largest absolute Gasteiger partial charge is 0.474 e. The van der Waals surface area contributed by atoms with Gasteiger partial charge in [-0.2, -0.15) is 5.10 Å². The number of aliphatic hydroxyl groups excluding tert-OH is 1. The van der Waals surface area contributed by atoms with E-state index < -0.39 is 0 Å². The Bertz CT molecular complexity index is 613. The number of rotatable bonds is 3. The van der Waals surface area contributed by atoms with Gasteiger partial charge in [-0.05, 0) is 31.6 Å². The second-order valence-corrected chi connectivity index (χ2v) is 4.93. The fourth-order valence-corrected chi connectivity index (χ4v) is 2.46. The lowest BCUT2D eigenvalue weighted by atomic mass is 9.88. The number of aromatic amines is 1. The Morgan fingerprint density at radius 2 is 2.21 bits per heavy atom. The molecular weight excluding hydrogens is 248 g/mol. The Labute approximate surface area is 109 Å². The summed E-state index contributed by atoms with van der Waals surface area (Å²) in [6.07, 6.45) is 5.34. The number of nitrogens with one attached hydrogen (secondary N) is 1. The highest BCUT2D eigenvalue weighted by molar-refractivity contribution is 5.39. The lowest BCUT2D eigenvalue weighted by Crippen LogP contribution is -2.26. The molecule has 2 aromatic heterocycles. The molecule has 7 nitrogen and oxygen atoms in total. The molecule has 0 atom stereocenters. The lowest BCUT2D eigenvalue weighted by molar-refractivity contribution is 0.100. The summed E-state index contributed by atoms with van der Waals surface area (Å²) in [7, 11) is 0. The molecule has 0 saturated heterocycles. The fraction of sp³-hybridized carbons (Fsp3) is 0.583. The molecule has 1 saturated carbocycles. The van der Waals surface area contributed by atoms with Crippen LogP contribution >= 0.6 is 0 Å². The second-order valence-electron chi connectivity index (χ2n) is 4.93. The van der Waals surface area contributed by atoms with Gasteiger partial charge in [0.05, 0.1) is 0 Å². The first kappa shape index (κ1) is 12.2. The molecule has 3 rings (SSSR count). The minimum Gasteiger partial charge on any atom is -0.474 e. The maximum absolute atomic E-state index is 11.3. The van der Waals surface area contributed by atoms with Gasteiger partial charge in [-0.1, -0.05) is 0 Å². The fourth-order valence-electron chi connectivity index (χ4n) is 2.46. The van der Waals surface area contributed by atoms with Crippen LogP contribution in [0.3, 0.4) is 0 Å². The first-order valence-corrected chi connectivity index (χ1v) is 6.46. The predicted octanol–water partition coefficient (Wildman–Crippen LogP) is 0.347. The van der Waals surface area contributed by atoms with Crippen LogP contribution in [-0.2, 0) is 0 Å². The summed E-state index contributed by atoms with van der Waals surface area (Å²) in [6, 6.07) is 1.65. The van der Waals surface area contributed by atoms with Gasteiger partial charge in [-0.15, -0.1) is 0 Å². The van der Waals surface area contributed by atoms with Gasteiger partial charge in [0.2, 0.25) is 5.88 Å². The molecule has 2 heterocycles. The first-order chi connectivity index (χ1) is 9.26. The third kappa shape index (κ3) is 2.46. The van der Waals surface area contributed by atoms with Crippen molar-refractivity contribution in [2.24, 2.45) is 5.92 Å². The van der Waals surface area contributed by atoms with Crippen LogP contribution in [0.5, 0.6) is 5.88 Å². The number of aromatic nitrogens is 4. The Kier molecular flexibility index (Phi) is 3.20. The maximum atomic E-state index is 11.3. The van der Waals surface area contributed by atoms with Gasteiger partial charge >= 0.3 is 5.69 Å². The van der Waals surface area contributed by atoms with Crippen molar-refractivity contribution in [2.45, 2.75) is 31.8 Å². The van der Waals surface area contributed by atoms with Gasteiger partial charge in [0.15, 0.2) is 5.65 Å². The van der Waals surface area contributed by atoms with E-state index in [-0.39, 0.29) is 18.4 Å². The number of ether oxygens (including phenoxy) is 1. The van der Waals surface area contributed by atoms with Crippen LogP contribution in [0.4, 0.5) is 0 Å². The summed E-state index contributed by atoms with van der Waals surface area (Å²) >= 11 is 0. The molecule has 1 aliphatic carbocycles. The zero-order valence-corrected chi connectivity index (χ0v) is 10.5. The van der Waals surface area contributed by atoms with E-state index in [1.165, 1.54) is 10.7 Å². The molecule has 19 heavy (non-hydrogen) atoms. The van der Waals surface area contributed by atoms with Gasteiger partial charge in [-0.3, -0.25) is 0 Å². The van der Waals surface area contributed by atoms with E-state index in [1.807, 2.05) is 0 Å². The second kappa shape index (κ2) is 5.00. The highest BCUT2D eigenvalue weighted by Crippen LogP contribution is 2.26. The van der Waals surface area contributed by atoms with Crippen molar-refractivity contribution >= 4 is 5.65 Å². The molecule has 1 fully saturated rings. The molecule has 0 radical (unpaired) electrons. The minimum atomic E-state index is -0.308. The summed E-state index contributed by atoms with van der Waals surface area (Å²) in [4.78, 5) is 15.4. The number of hydrogen-bond acceptors (Lipinski definition) is 5. The van der Waals surface area contributed by atoms with Gasteiger partial charge in [0.1, 0.15) is 12.4 Å². The normalized spacial score (nSPS) is 23.6. The zero-order valence-electron chi connectivity index (χ0n) is 10.5. The number of fused-ring (bicyclic) bond motifs is 1. The smallest absolute Gasteiger partial charge is 0.348 e. The number of aliphatic hydroxyl groups is 1. The molecule has 102 valence electrons. The average Bonchev–Trinajstić information content (AvgIpc) is 2.81. The van der Waals surface area contributed by atoms with Gasteiger partial charge in [0.25, 0.3) is 0 Å². The van der Waals surface area contributed by atoms with Crippen LogP contribution in [0.25, 0.3) is 5.65 Å². The summed E-state index contributed by atoms with van der Waals surface area (Å²) in [6.45, 7) is 0.257. The zero-order chi connectivity index (χ0) is 13.2. The SMILES string of the molecule is O=c1[nH]nc2cc(OC3CCC(CO)CC3)ncn12. The molecule has 1 aliphatic rings. The topological polar surface area (TPSA) is 92.5 Å². The van der Waals surface area contributed by atoms with Crippen LogP contribution in [0, 0.1) is 5.92 Å². The van der Waals surface area contributed by atoms with E-state index in [9.17, 15) is 4.79 Å². The van der Waals surface area contributed by atoms with Crippen LogP contribution in [0.15, 0.2) is 17.2 Å². The van der Waals surface area contributed by atoms with Crippen LogP contribution in [0.2, 0.25) is 0 Å². The predicted molar refractivity (Wildman–Crippen MR) is 67.1 cm³/mol. The third-order valence-electron chi connectivity index (χ3n) is 3.62. The molecule has 0 bridgehead atoms. The van der Waals surface area contributed by atoms with Crippen molar-refractivity contribution in [1.82, 2.24) is 19.6 Å². The van der Waals surface area contributed by atoms with Crippen molar-refractivity contribution in [1.29, 1.82) is 0 Å². The molecule has 2 N–H and O–H groups in total. The van der Waals surface area contributed by atoms with Crippen LogP contribution < -0.4 is 10.4 Å². The monoisotopic (exact) mass is 264 g/mol. The molecule has 2 aromatic rings. The van der Waals surface area contributed by atoms with E-state index in [0.29, 0.717) is 17.4 Å². The molecular formula is C12H16N4O3. The third-order valence-corrected chi connectivity index (χ3v) is 3.62.